The number of likely N-dealkylation sites (tertiary alicyclic amines) is 1. The van der Waals surface area contributed by atoms with Crippen LogP contribution in [0.1, 0.15) is 54.4 Å². The molecule has 0 spiro atoms. The number of amides is 1. The van der Waals surface area contributed by atoms with Crippen LogP contribution in [0.15, 0.2) is 0 Å². The molecule has 0 aliphatic carbocycles. The summed E-state index contributed by atoms with van der Waals surface area (Å²) in [6, 6.07) is -0.887. The van der Waals surface area contributed by atoms with E-state index in [1.165, 1.54) is 4.90 Å². The molecule has 0 radical (unpaired) electrons. The van der Waals surface area contributed by atoms with Crippen LogP contribution in [0.3, 0.4) is 0 Å². The molecule has 0 bridgehead atoms. The minimum absolute atomic E-state index is 0.108. The van der Waals surface area contributed by atoms with Crippen LogP contribution in [0.4, 0.5) is 4.79 Å². The van der Waals surface area contributed by atoms with Gasteiger partial charge < -0.3 is 9.84 Å². The van der Waals surface area contributed by atoms with Crippen LogP contribution in [0.5, 0.6) is 0 Å². The van der Waals surface area contributed by atoms with Crippen molar-refractivity contribution in [1.29, 1.82) is 0 Å². The van der Waals surface area contributed by atoms with Crippen molar-refractivity contribution in [3.8, 4) is 0 Å². The van der Waals surface area contributed by atoms with Gasteiger partial charge in [0.1, 0.15) is 11.6 Å². The zero-order chi connectivity index (χ0) is 15.0. The van der Waals surface area contributed by atoms with E-state index in [0.717, 1.165) is 0 Å². The second kappa shape index (κ2) is 5.02. The van der Waals surface area contributed by atoms with Crippen molar-refractivity contribution in [3.63, 3.8) is 0 Å². The number of carboxylic acids is 1. The molecule has 1 saturated heterocycles. The molecule has 0 aromatic heterocycles. The maximum atomic E-state index is 12.3. The highest BCUT2D eigenvalue weighted by molar-refractivity contribution is 5.81. The maximum absolute atomic E-state index is 12.3. The highest BCUT2D eigenvalue weighted by atomic mass is 16.6. The molecule has 1 aliphatic heterocycles. The number of hydrogen-bond donors (Lipinski definition) is 1. The molecule has 110 valence electrons. The first-order chi connectivity index (χ1) is 8.43. The first kappa shape index (κ1) is 15.8. The minimum atomic E-state index is -0.961. The fraction of sp³-hybridized carbons (Fsp3) is 0.857. The van der Waals surface area contributed by atoms with Gasteiger partial charge in [0.15, 0.2) is 0 Å². The van der Waals surface area contributed by atoms with E-state index < -0.39 is 23.7 Å². The third-order valence-corrected chi connectivity index (χ3v) is 3.27. The van der Waals surface area contributed by atoms with E-state index >= 15 is 0 Å². The molecule has 0 aromatic carbocycles. The molecule has 1 fully saturated rings. The number of rotatable bonds is 1. The van der Waals surface area contributed by atoms with Crippen LogP contribution in [0, 0.1) is 5.41 Å². The lowest BCUT2D eigenvalue weighted by molar-refractivity contribution is -0.143. The Balaban J connectivity index is 2.99. The van der Waals surface area contributed by atoms with Gasteiger partial charge in [-0.15, -0.1) is 0 Å². The first-order valence-electron chi connectivity index (χ1n) is 6.67. The Kier molecular flexibility index (Phi) is 4.17. The van der Waals surface area contributed by atoms with Crippen LogP contribution in [-0.2, 0) is 9.53 Å². The van der Waals surface area contributed by atoms with Gasteiger partial charge in [-0.1, -0.05) is 20.8 Å². The molecular formula is C14H25NO4. The highest BCUT2D eigenvalue weighted by Gasteiger charge is 2.47. The zero-order valence-electron chi connectivity index (χ0n) is 12.7. The summed E-state index contributed by atoms with van der Waals surface area (Å²) < 4.78 is 5.35. The van der Waals surface area contributed by atoms with Gasteiger partial charge >= 0.3 is 12.1 Å². The lowest BCUT2D eigenvalue weighted by atomic mass is 9.85. The predicted octanol–water partition coefficient (Wildman–Crippen LogP) is 2.89. The Morgan fingerprint density at radius 2 is 1.63 bits per heavy atom. The quantitative estimate of drug-likeness (QED) is 0.796. The topological polar surface area (TPSA) is 66.8 Å². The van der Waals surface area contributed by atoms with Gasteiger partial charge in [0, 0.05) is 6.04 Å². The molecule has 0 unspecified atom stereocenters. The van der Waals surface area contributed by atoms with E-state index in [2.05, 4.69) is 0 Å². The summed E-state index contributed by atoms with van der Waals surface area (Å²) in [5.41, 5.74) is -0.785. The Labute approximate surface area is 114 Å². The average molecular weight is 271 g/mol. The van der Waals surface area contributed by atoms with Crippen molar-refractivity contribution in [2.45, 2.75) is 72.1 Å². The number of carbonyl (C=O) groups excluding carboxylic acids is 1. The molecule has 1 heterocycles. The standard InChI is InChI=1S/C14H25NO4/c1-13(2,3)10-8-7-9(11(16)17)15(10)12(18)19-14(4,5)6/h9-10H,7-8H2,1-6H3,(H,16,17)/t9-,10-/m1/s1. The third-order valence-electron chi connectivity index (χ3n) is 3.27. The minimum Gasteiger partial charge on any atom is -0.480 e. The number of nitrogens with zero attached hydrogens (tertiary/aromatic N) is 1. The van der Waals surface area contributed by atoms with E-state index in [1.807, 2.05) is 20.8 Å². The molecule has 1 amide bonds. The van der Waals surface area contributed by atoms with Gasteiger partial charge in [0.05, 0.1) is 0 Å². The van der Waals surface area contributed by atoms with Crippen LogP contribution in [0.2, 0.25) is 0 Å². The molecule has 0 saturated carbocycles. The summed E-state index contributed by atoms with van der Waals surface area (Å²) in [4.78, 5) is 25.0. The first-order valence-corrected chi connectivity index (χ1v) is 6.67. The molecule has 2 atom stereocenters. The van der Waals surface area contributed by atoms with Crippen LogP contribution < -0.4 is 0 Å². The number of carboxylic acid groups (broad SMARTS) is 1. The summed E-state index contributed by atoms with van der Waals surface area (Å²) in [5.74, 6) is -0.961. The average Bonchev–Trinajstić information content (AvgIpc) is 2.57. The van der Waals surface area contributed by atoms with E-state index in [1.54, 1.807) is 20.8 Å². The second-order valence-electron chi connectivity index (χ2n) is 7.20. The van der Waals surface area contributed by atoms with Crippen molar-refractivity contribution in [1.82, 2.24) is 4.90 Å². The zero-order valence-corrected chi connectivity index (χ0v) is 12.7. The summed E-state index contributed by atoms with van der Waals surface area (Å²) in [7, 11) is 0. The number of aliphatic carboxylic acids is 1. The van der Waals surface area contributed by atoms with Crippen molar-refractivity contribution < 1.29 is 19.4 Å². The molecular weight excluding hydrogens is 246 g/mol. The van der Waals surface area contributed by atoms with Crippen LogP contribution in [-0.4, -0.2) is 39.8 Å². The van der Waals surface area contributed by atoms with E-state index in [-0.39, 0.29) is 11.5 Å². The maximum Gasteiger partial charge on any atom is 0.411 e. The normalized spacial score (nSPS) is 24.4. The summed E-state index contributed by atoms with van der Waals surface area (Å²) in [5, 5.41) is 9.26. The Morgan fingerprint density at radius 1 is 1.11 bits per heavy atom. The van der Waals surface area contributed by atoms with Crippen molar-refractivity contribution in [2.75, 3.05) is 0 Å². The lowest BCUT2D eigenvalue weighted by Gasteiger charge is -2.37. The van der Waals surface area contributed by atoms with Gasteiger partial charge in [0.25, 0.3) is 0 Å². The molecule has 5 heteroatoms. The van der Waals surface area contributed by atoms with Crippen molar-refractivity contribution >= 4 is 12.1 Å². The molecule has 0 aromatic rings. The molecule has 19 heavy (non-hydrogen) atoms. The Morgan fingerprint density at radius 3 is 2.00 bits per heavy atom. The molecule has 1 aliphatic rings. The van der Waals surface area contributed by atoms with E-state index in [4.69, 9.17) is 4.74 Å². The lowest BCUT2D eigenvalue weighted by Crippen LogP contribution is -2.51. The van der Waals surface area contributed by atoms with Crippen molar-refractivity contribution in [2.24, 2.45) is 5.41 Å². The van der Waals surface area contributed by atoms with Gasteiger partial charge in [-0.2, -0.15) is 0 Å². The van der Waals surface area contributed by atoms with Crippen LogP contribution in [0.25, 0.3) is 0 Å². The van der Waals surface area contributed by atoms with Gasteiger partial charge in [-0.05, 0) is 39.0 Å². The highest BCUT2D eigenvalue weighted by Crippen LogP contribution is 2.37. The van der Waals surface area contributed by atoms with E-state index in [9.17, 15) is 14.7 Å². The van der Waals surface area contributed by atoms with Gasteiger partial charge in [-0.3, -0.25) is 4.90 Å². The SMILES string of the molecule is CC(C)(C)OC(=O)N1[C@@H](C(=O)O)CC[C@@H]1C(C)(C)C. The number of carbonyl (C=O) groups is 2. The van der Waals surface area contributed by atoms with Crippen LogP contribution >= 0.6 is 0 Å². The second-order valence-corrected chi connectivity index (χ2v) is 7.20. The fourth-order valence-corrected chi connectivity index (χ4v) is 2.47. The Bertz CT molecular complexity index is 365. The summed E-state index contributed by atoms with van der Waals surface area (Å²) >= 11 is 0. The molecule has 5 nitrogen and oxygen atoms in total. The summed E-state index contributed by atoms with van der Waals surface area (Å²) in [6.07, 6.45) is 0.647. The summed E-state index contributed by atoms with van der Waals surface area (Å²) in [6.45, 7) is 11.4. The van der Waals surface area contributed by atoms with E-state index in [0.29, 0.717) is 12.8 Å². The molecule has 1 N–H and O–H groups in total. The van der Waals surface area contributed by atoms with Gasteiger partial charge in [-0.25, -0.2) is 9.59 Å². The van der Waals surface area contributed by atoms with Crippen molar-refractivity contribution in [3.05, 3.63) is 0 Å². The number of hydrogen-bond acceptors (Lipinski definition) is 3. The largest absolute Gasteiger partial charge is 0.480 e. The molecule has 1 rings (SSSR count). The fourth-order valence-electron chi connectivity index (χ4n) is 2.47. The predicted molar refractivity (Wildman–Crippen MR) is 72.0 cm³/mol. The monoisotopic (exact) mass is 271 g/mol. The number of ether oxygens (including phenoxy) is 1. The third kappa shape index (κ3) is 3.85. The Hall–Kier alpha value is -1.26. The van der Waals surface area contributed by atoms with Gasteiger partial charge in [0.2, 0.25) is 0 Å². The smallest absolute Gasteiger partial charge is 0.411 e.